The molecule has 1 fully saturated rings. The molecule has 0 bridgehead atoms. The van der Waals surface area contributed by atoms with Crippen LogP contribution in [0.15, 0.2) is 80.7 Å². The van der Waals surface area contributed by atoms with Crippen LogP contribution < -0.4 is 4.90 Å². The molecule has 10 heteroatoms. The first-order chi connectivity index (χ1) is 14.8. The molecule has 2 aromatic carbocycles. The van der Waals surface area contributed by atoms with Crippen molar-refractivity contribution in [1.29, 1.82) is 0 Å². The van der Waals surface area contributed by atoms with Crippen molar-refractivity contribution in [1.82, 2.24) is 4.31 Å². The molecule has 0 radical (unpaired) electrons. The van der Waals surface area contributed by atoms with Crippen molar-refractivity contribution in [3.8, 4) is 0 Å². The largest absolute Gasteiger partial charge is 0.468 e. The van der Waals surface area contributed by atoms with Crippen molar-refractivity contribution in [3.63, 3.8) is 0 Å². The second-order valence-electron chi connectivity index (χ2n) is 6.85. The summed E-state index contributed by atoms with van der Waals surface area (Å²) in [5.41, 5.74) is 0.334. The number of carbonyl (C=O) groups is 2. The van der Waals surface area contributed by atoms with Gasteiger partial charge in [-0.05, 0) is 60.7 Å². The Morgan fingerprint density at radius 2 is 1.74 bits per heavy atom. The fourth-order valence-electron chi connectivity index (χ4n) is 3.36. The van der Waals surface area contributed by atoms with Crippen molar-refractivity contribution in [2.45, 2.75) is 23.9 Å². The number of halogens is 2. The Labute approximate surface area is 192 Å². The molecule has 1 unspecified atom stereocenters. The highest BCUT2D eigenvalue weighted by atomic mass is 79.9. The Morgan fingerprint density at radius 3 is 2.35 bits per heavy atom. The number of nitrogens with zero attached hydrogens (tertiary/aromatic N) is 2. The van der Waals surface area contributed by atoms with Crippen molar-refractivity contribution in [2.24, 2.45) is 0 Å². The normalized spacial score (nSPS) is 17.0. The van der Waals surface area contributed by atoms with E-state index in [9.17, 15) is 18.0 Å². The van der Waals surface area contributed by atoms with Crippen LogP contribution in [0.1, 0.15) is 12.2 Å². The molecule has 1 atom stereocenters. The van der Waals surface area contributed by atoms with Crippen LogP contribution in [-0.4, -0.2) is 30.6 Å². The van der Waals surface area contributed by atoms with E-state index in [0.717, 1.165) is 9.21 Å². The van der Waals surface area contributed by atoms with Gasteiger partial charge >= 0.3 is 0 Å². The second-order valence-corrected chi connectivity index (χ2v) is 10.1. The zero-order chi connectivity index (χ0) is 22.2. The molecule has 4 rings (SSSR count). The Morgan fingerprint density at radius 1 is 1.06 bits per heavy atom. The molecule has 0 N–H and O–H groups in total. The number of sulfonamides is 1. The minimum absolute atomic E-state index is 0.00690. The van der Waals surface area contributed by atoms with Crippen LogP contribution in [0, 0.1) is 0 Å². The maximum Gasteiger partial charge on any atom is 0.252 e. The third kappa shape index (κ3) is 4.31. The van der Waals surface area contributed by atoms with Crippen LogP contribution in [0.3, 0.4) is 0 Å². The van der Waals surface area contributed by atoms with E-state index in [0.29, 0.717) is 20.9 Å². The number of furan rings is 1. The molecule has 2 amide bonds. The lowest BCUT2D eigenvalue weighted by Crippen LogP contribution is -2.45. The molecule has 1 saturated heterocycles. The summed E-state index contributed by atoms with van der Waals surface area (Å²) in [5, 5.41) is 0.455. The van der Waals surface area contributed by atoms with Gasteiger partial charge in [-0.15, -0.1) is 0 Å². The summed E-state index contributed by atoms with van der Waals surface area (Å²) >= 11 is 9.18. The number of amides is 2. The first-order valence-electron chi connectivity index (χ1n) is 9.19. The number of imide groups is 1. The van der Waals surface area contributed by atoms with E-state index in [-0.39, 0.29) is 17.9 Å². The Hall–Kier alpha value is -2.46. The minimum atomic E-state index is -4.11. The monoisotopic (exact) mass is 522 g/mol. The van der Waals surface area contributed by atoms with E-state index in [1.807, 2.05) is 0 Å². The van der Waals surface area contributed by atoms with E-state index in [1.54, 1.807) is 48.5 Å². The highest BCUT2D eigenvalue weighted by molar-refractivity contribution is 9.10. The van der Waals surface area contributed by atoms with Crippen LogP contribution in [0.5, 0.6) is 0 Å². The lowest BCUT2D eigenvalue weighted by atomic mass is 10.2. The average Bonchev–Trinajstić information content (AvgIpc) is 3.35. The maximum absolute atomic E-state index is 13.5. The summed E-state index contributed by atoms with van der Waals surface area (Å²) in [6.07, 6.45) is 1.14. The van der Waals surface area contributed by atoms with Gasteiger partial charge in [-0.1, -0.05) is 27.5 Å². The fraction of sp³-hybridized carbons (Fsp3) is 0.143. The number of hydrogen-bond acceptors (Lipinski definition) is 5. The predicted octanol–water partition coefficient (Wildman–Crippen LogP) is 4.22. The third-order valence-corrected chi connectivity index (χ3v) is 7.52. The molecule has 160 valence electrons. The first kappa shape index (κ1) is 21.8. The quantitative estimate of drug-likeness (QED) is 0.452. The van der Waals surface area contributed by atoms with E-state index in [2.05, 4.69) is 15.9 Å². The molecule has 0 aliphatic carbocycles. The van der Waals surface area contributed by atoms with Gasteiger partial charge in [-0.2, -0.15) is 4.31 Å². The van der Waals surface area contributed by atoms with Crippen molar-refractivity contribution >= 4 is 55.1 Å². The van der Waals surface area contributed by atoms with E-state index in [1.165, 1.54) is 18.4 Å². The van der Waals surface area contributed by atoms with Gasteiger partial charge in [-0.25, -0.2) is 13.3 Å². The average molecular weight is 524 g/mol. The number of carbonyl (C=O) groups excluding carboxylic acids is 2. The third-order valence-electron chi connectivity index (χ3n) is 4.87. The number of benzene rings is 2. The highest BCUT2D eigenvalue weighted by Crippen LogP contribution is 2.31. The molecule has 1 aliphatic heterocycles. The minimum Gasteiger partial charge on any atom is -0.468 e. The molecule has 2 heterocycles. The van der Waals surface area contributed by atoms with Crippen LogP contribution in [-0.2, 0) is 26.2 Å². The lowest BCUT2D eigenvalue weighted by molar-refractivity contribution is -0.122. The van der Waals surface area contributed by atoms with Crippen molar-refractivity contribution in [3.05, 3.63) is 82.2 Å². The number of rotatable bonds is 6. The van der Waals surface area contributed by atoms with Gasteiger partial charge in [0.15, 0.2) is 0 Å². The number of anilines is 1. The molecule has 0 saturated carbocycles. The van der Waals surface area contributed by atoms with Gasteiger partial charge in [0, 0.05) is 9.50 Å². The van der Waals surface area contributed by atoms with Crippen LogP contribution in [0.25, 0.3) is 0 Å². The summed E-state index contributed by atoms with van der Waals surface area (Å²) in [6, 6.07) is 14.3. The van der Waals surface area contributed by atoms with Gasteiger partial charge in [0.05, 0.1) is 29.8 Å². The molecule has 7 nitrogen and oxygen atoms in total. The maximum atomic E-state index is 13.5. The highest BCUT2D eigenvalue weighted by Gasteiger charge is 2.47. The smallest absolute Gasteiger partial charge is 0.252 e. The van der Waals surface area contributed by atoms with Gasteiger partial charge in [0.25, 0.3) is 5.91 Å². The fourth-order valence-corrected chi connectivity index (χ4v) is 5.30. The van der Waals surface area contributed by atoms with Gasteiger partial charge in [-0.3, -0.25) is 9.59 Å². The summed E-state index contributed by atoms with van der Waals surface area (Å²) in [4.78, 5) is 26.9. The molecule has 3 aromatic rings. The van der Waals surface area contributed by atoms with Crippen molar-refractivity contribution < 1.29 is 22.4 Å². The lowest BCUT2D eigenvalue weighted by Gasteiger charge is -2.26. The van der Waals surface area contributed by atoms with Crippen LogP contribution in [0.2, 0.25) is 5.02 Å². The molecule has 0 spiro atoms. The zero-order valence-corrected chi connectivity index (χ0v) is 19.1. The molecule has 1 aliphatic rings. The first-order valence-corrected chi connectivity index (χ1v) is 11.8. The predicted molar refractivity (Wildman–Crippen MR) is 118 cm³/mol. The van der Waals surface area contributed by atoms with Gasteiger partial charge in [0.2, 0.25) is 15.9 Å². The zero-order valence-electron chi connectivity index (χ0n) is 15.9. The second kappa shape index (κ2) is 8.58. The van der Waals surface area contributed by atoms with E-state index in [4.69, 9.17) is 16.0 Å². The molecular formula is C21H16BrClN2O5S. The van der Waals surface area contributed by atoms with Crippen LogP contribution >= 0.6 is 27.5 Å². The molecule has 31 heavy (non-hydrogen) atoms. The Balaban J connectivity index is 1.73. The SMILES string of the molecule is O=C1CC(N(Cc2ccco2)S(=O)(=O)c2ccc(Br)cc2)C(=O)N1c1ccc(Cl)cc1. The van der Waals surface area contributed by atoms with E-state index >= 15 is 0 Å². The van der Waals surface area contributed by atoms with E-state index < -0.39 is 27.9 Å². The summed E-state index contributed by atoms with van der Waals surface area (Å²) in [7, 11) is -4.11. The summed E-state index contributed by atoms with van der Waals surface area (Å²) in [5.74, 6) is -0.766. The van der Waals surface area contributed by atoms with Crippen molar-refractivity contribution in [2.75, 3.05) is 4.90 Å². The Bertz CT molecular complexity index is 1210. The molecular weight excluding hydrogens is 508 g/mol. The summed E-state index contributed by atoms with van der Waals surface area (Å²) in [6.45, 7) is -0.191. The van der Waals surface area contributed by atoms with Gasteiger partial charge < -0.3 is 4.42 Å². The topological polar surface area (TPSA) is 87.9 Å². The number of hydrogen-bond donors (Lipinski definition) is 0. The Kier molecular flexibility index (Phi) is 6.02. The standard InChI is InChI=1S/C21H16BrClN2O5S/c22-14-3-9-18(10-4-14)31(28,29)24(13-17-2-1-11-30-17)19-12-20(26)25(21(19)27)16-7-5-15(23)6-8-16/h1-11,19H,12-13H2. The molecule has 1 aromatic heterocycles. The summed E-state index contributed by atoms with van der Waals surface area (Å²) < 4.78 is 34.0. The van der Waals surface area contributed by atoms with Gasteiger partial charge in [0.1, 0.15) is 11.8 Å². The van der Waals surface area contributed by atoms with Crippen LogP contribution in [0.4, 0.5) is 5.69 Å².